The van der Waals surface area contributed by atoms with Crippen LogP contribution in [0.2, 0.25) is 0 Å². The van der Waals surface area contributed by atoms with Crippen molar-refractivity contribution in [2.45, 2.75) is 46.2 Å². The van der Waals surface area contributed by atoms with Crippen LogP contribution >= 0.6 is 0 Å². The third kappa shape index (κ3) is 5.40. The van der Waals surface area contributed by atoms with Gasteiger partial charge in [-0.1, -0.05) is 12.1 Å². The Morgan fingerprint density at radius 3 is 2.19 bits per heavy atom. The van der Waals surface area contributed by atoms with E-state index in [1.165, 1.54) is 12.1 Å². The first-order valence-corrected chi connectivity index (χ1v) is 7.00. The Balaban J connectivity index is 2.51. The third-order valence-corrected chi connectivity index (χ3v) is 3.38. The fourth-order valence-electron chi connectivity index (χ4n) is 2.02. The zero-order valence-electron chi connectivity index (χ0n) is 12.6. The predicted molar refractivity (Wildman–Crippen MR) is 74.8 cm³/mol. The minimum atomic E-state index is -4.30. The second-order valence-electron chi connectivity index (χ2n) is 5.65. The number of hydrogen-bond acceptors (Lipinski definition) is 2. The largest absolute Gasteiger partial charge is 0.466 e. The Hall–Kier alpha value is -1.52. The minimum Gasteiger partial charge on any atom is -0.466 e. The molecule has 0 saturated carbocycles. The molecule has 0 aromatic heterocycles. The van der Waals surface area contributed by atoms with Crippen molar-refractivity contribution in [2.24, 2.45) is 5.41 Å². The summed E-state index contributed by atoms with van der Waals surface area (Å²) in [4.78, 5) is 11.7. The fourth-order valence-corrected chi connectivity index (χ4v) is 2.02. The van der Waals surface area contributed by atoms with Crippen molar-refractivity contribution in [1.29, 1.82) is 0 Å². The molecular formula is C16H21F3O2. The van der Waals surface area contributed by atoms with E-state index < -0.39 is 17.2 Å². The van der Waals surface area contributed by atoms with E-state index in [0.29, 0.717) is 19.4 Å². The van der Waals surface area contributed by atoms with Crippen LogP contribution in [0, 0.1) is 5.41 Å². The summed E-state index contributed by atoms with van der Waals surface area (Å²) in [5, 5.41) is 0. The van der Waals surface area contributed by atoms with Crippen molar-refractivity contribution in [2.75, 3.05) is 6.61 Å². The molecule has 0 N–H and O–H groups in total. The smallest absolute Gasteiger partial charge is 0.416 e. The molecule has 5 heteroatoms. The number of ether oxygens (including phenoxy) is 1. The van der Waals surface area contributed by atoms with Crippen LogP contribution in [-0.4, -0.2) is 12.6 Å². The lowest BCUT2D eigenvalue weighted by atomic mass is 9.86. The first-order chi connectivity index (χ1) is 9.66. The van der Waals surface area contributed by atoms with E-state index in [1.54, 1.807) is 6.92 Å². The molecule has 0 amide bonds. The first-order valence-electron chi connectivity index (χ1n) is 7.00. The maximum atomic E-state index is 12.4. The summed E-state index contributed by atoms with van der Waals surface area (Å²) in [5.41, 5.74) is -0.372. The molecule has 0 bridgehead atoms. The summed E-state index contributed by atoms with van der Waals surface area (Å²) in [6.45, 7) is 5.74. The second-order valence-corrected chi connectivity index (χ2v) is 5.65. The Morgan fingerprint density at radius 1 is 1.14 bits per heavy atom. The van der Waals surface area contributed by atoms with Crippen molar-refractivity contribution >= 4 is 5.97 Å². The van der Waals surface area contributed by atoms with Gasteiger partial charge in [-0.15, -0.1) is 0 Å². The van der Waals surface area contributed by atoms with E-state index in [9.17, 15) is 18.0 Å². The SMILES string of the molecule is CCOC(=O)C(C)(C)CCCc1ccc(C(F)(F)F)cc1. The van der Waals surface area contributed by atoms with Gasteiger partial charge in [-0.25, -0.2) is 0 Å². The summed E-state index contributed by atoms with van der Waals surface area (Å²) in [6.07, 6.45) is -2.31. The number of alkyl halides is 3. The van der Waals surface area contributed by atoms with Gasteiger partial charge in [0.1, 0.15) is 0 Å². The molecule has 2 nitrogen and oxygen atoms in total. The maximum Gasteiger partial charge on any atom is 0.416 e. The molecule has 1 aromatic carbocycles. The summed E-state index contributed by atoms with van der Waals surface area (Å²) < 4.78 is 42.3. The van der Waals surface area contributed by atoms with Crippen molar-refractivity contribution in [3.8, 4) is 0 Å². The average molecular weight is 302 g/mol. The van der Waals surface area contributed by atoms with Crippen LogP contribution in [0.25, 0.3) is 0 Å². The highest BCUT2D eigenvalue weighted by Gasteiger charge is 2.30. The van der Waals surface area contributed by atoms with Crippen LogP contribution in [0.1, 0.15) is 44.7 Å². The Morgan fingerprint density at radius 2 is 1.71 bits per heavy atom. The lowest BCUT2D eigenvalue weighted by molar-refractivity contribution is -0.153. The molecule has 118 valence electrons. The molecular weight excluding hydrogens is 281 g/mol. The second kappa shape index (κ2) is 6.96. The number of hydrogen-bond donors (Lipinski definition) is 0. The molecule has 0 saturated heterocycles. The Bertz CT molecular complexity index is 461. The van der Waals surface area contributed by atoms with E-state index in [-0.39, 0.29) is 5.97 Å². The van der Waals surface area contributed by atoms with Gasteiger partial charge in [0.15, 0.2) is 0 Å². The van der Waals surface area contributed by atoms with Gasteiger partial charge >= 0.3 is 12.1 Å². The molecule has 0 radical (unpaired) electrons. The topological polar surface area (TPSA) is 26.3 Å². The van der Waals surface area contributed by atoms with Gasteiger partial charge in [-0.3, -0.25) is 4.79 Å². The zero-order chi connectivity index (χ0) is 16.1. The molecule has 1 rings (SSSR count). The van der Waals surface area contributed by atoms with E-state index in [0.717, 1.165) is 24.1 Å². The van der Waals surface area contributed by atoms with Crippen LogP contribution in [0.15, 0.2) is 24.3 Å². The molecule has 21 heavy (non-hydrogen) atoms. The van der Waals surface area contributed by atoms with Crippen LogP contribution in [0.5, 0.6) is 0 Å². The summed E-state index contributed by atoms with van der Waals surface area (Å²) in [7, 11) is 0. The molecule has 0 unspecified atom stereocenters. The van der Waals surface area contributed by atoms with Crippen molar-refractivity contribution < 1.29 is 22.7 Å². The number of halogens is 3. The number of benzene rings is 1. The first kappa shape index (κ1) is 17.5. The van der Waals surface area contributed by atoms with E-state index in [2.05, 4.69) is 0 Å². The average Bonchev–Trinajstić information content (AvgIpc) is 2.38. The van der Waals surface area contributed by atoms with Crippen molar-refractivity contribution in [1.82, 2.24) is 0 Å². The van der Waals surface area contributed by atoms with Crippen molar-refractivity contribution in [3.63, 3.8) is 0 Å². The lowest BCUT2D eigenvalue weighted by Crippen LogP contribution is -2.26. The van der Waals surface area contributed by atoms with Gasteiger partial charge in [0, 0.05) is 0 Å². The van der Waals surface area contributed by atoms with Gasteiger partial charge < -0.3 is 4.74 Å². The Labute approximate surface area is 123 Å². The number of carbonyl (C=O) groups excluding carboxylic acids is 1. The highest BCUT2D eigenvalue weighted by Crippen LogP contribution is 2.30. The van der Waals surface area contributed by atoms with Crippen LogP contribution in [0.4, 0.5) is 13.2 Å². The third-order valence-electron chi connectivity index (χ3n) is 3.38. The van der Waals surface area contributed by atoms with Crippen LogP contribution < -0.4 is 0 Å². The van der Waals surface area contributed by atoms with Gasteiger partial charge in [0.05, 0.1) is 17.6 Å². The quantitative estimate of drug-likeness (QED) is 0.717. The van der Waals surface area contributed by atoms with Gasteiger partial charge in [-0.05, 0) is 57.7 Å². The lowest BCUT2D eigenvalue weighted by Gasteiger charge is -2.22. The van der Waals surface area contributed by atoms with E-state index >= 15 is 0 Å². The maximum absolute atomic E-state index is 12.4. The standard InChI is InChI=1S/C16H21F3O2/c1-4-21-14(20)15(2,3)11-5-6-12-7-9-13(10-8-12)16(17,18)19/h7-10H,4-6,11H2,1-3H3. The minimum absolute atomic E-state index is 0.239. The molecule has 0 aliphatic carbocycles. The normalized spacial score (nSPS) is 12.3. The van der Waals surface area contributed by atoms with Gasteiger partial charge in [0.25, 0.3) is 0 Å². The number of carbonyl (C=O) groups is 1. The highest BCUT2D eigenvalue weighted by molar-refractivity contribution is 5.75. The number of rotatable bonds is 6. The van der Waals surface area contributed by atoms with Crippen LogP contribution in [0.3, 0.4) is 0 Å². The molecule has 0 spiro atoms. The van der Waals surface area contributed by atoms with E-state index in [4.69, 9.17) is 4.74 Å². The Kier molecular flexibility index (Phi) is 5.81. The van der Waals surface area contributed by atoms with Crippen LogP contribution in [-0.2, 0) is 22.1 Å². The van der Waals surface area contributed by atoms with E-state index in [1.807, 2.05) is 13.8 Å². The molecule has 0 aliphatic rings. The van der Waals surface area contributed by atoms with Gasteiger partial charge in [0.2, 0.25) is 0 Å². The fraction of sp³-hybridized carbons (Fsp3) is 0.562. The van der Waals surface area contributed by atoms with Crippen molar-refractivity contribution in [3.05, 3.63) is 35.4 Å². The van der Waals surface area contributed by atoms with Gasteiger partial charge in [-0.2, -0.15) is 13.2 Å². The monoisotopic (exact) mass is 302 g/mol. The molecule has 0 fully saturated rings. The highest BCUT2D eigenvalue weighted by atomic mass is 19.4. The summed E-state index contributed by atoms with van der Waals surface area (Å²) in [6, 6.07) is 5.15. The number of aryl methyl sites for hydroxylation is 1. The number of esters is 1. The molecule has 0 atom stereocenters. The molecule has 1 aromatic rings. The summed E-state index contributed by atoms with van der Waals surface area (Å²) >= 11 is 0. The summed E-state index contributed by atoms with van der Waals surface area (Å²) in [5.74, 6) is -0.239. The predicted octanol–water partition coefficient (Wildman–Crippen LogP) is 4.62. The molecule has 0 aliphatic heterocycles. The molecule has 0 heterocycles. The zero-order valence-corrected chi connectivity index (χ0v) is 12.6.